The third-order valence-corrected chi connectivity index (χ3v) is 2.84. The van der Waals surface area contributed by atoms with Gasteiger partial charge >= 0.3 is 5.97 Å². The summed E-state index contributed by atoms with van der Waals surface area (Å²) in [6, 6.07) is 4.84. The molecule has 0 unspecified atom stereocenters. The highest BCUT2D eigenvalue weighted by atomic mass is 19.1. The minimum Gasteiger partial charge on any atom is -0.464 e. The molecule has 100 valence electrons. The van der Waals surface area contributed by atoms with Crippen molar-refractivity contribution in [1.29, 1.82) is 0 Å². The number of carbonyl (C=O) groups is 1. The Hall–Kier alpha value is -2.37. The Morgan fingerprint density at radius 3 is 2.89 bits per heavy atom. The quantitative estimate of drug-likeness (QED) is 0.856. The minimum absolute atomic E-state index is 0.0384. The predicted octanol–water partition coefficient (Wildman–Crippen LogP) is 1.75. The first-order valence-electron chi connectivity index (χ1n) is 5.68. The Kier molecular flexibility index (Phi) is 3.50. The average molecular weight is 263 g/mol. The summed E-state index contributed by atoms with van der Waals surface area (Å²) in [6.07, 6.45) is 1.48. The fourth-order valence-corrected chi connectivity index (χ4v) is 1.80. The van der Waals surface area contributed by atoms with Gasteiger partial charge in [-0.1, -0.05) is 12.1 Å². The lowest BCUT2D eigenvalue weighted by Crippen LogP contribution is -2.08. The van der Waals surface area contributed by atoms with Crippen LogP contribution in [0, 0.1) is 12.7 Å². The smallest absolute Gasteiger partial charge is 0.360 e. The number of rotatable bonds is 3. The molecular weight excluding hydrogens is 249 g/mol. The van der Waals surface area contributed by atoms with Gasteiger partial charge in [-0.25, -0.2) is 9.18 Å². The number of benzene rings is 1. The van der Waals surface area contributed by atoms with Crippen LogP contribution in [-0.2, 0) is 11.3 Å². The molecule has 0 saturated carbocycles. The second kappa shape index (κ2) is 5.09. The molecule has 19 heavy (non-hydrogen) atoms. The van der Waals surface area contributed by atoms with Crippen LogP contribution in [0.15, 0.2) is 24.4 Å². The summed E-state index contributed by atoms with van der Waals surface area (Å²) >= 11 is 0. The Balaban J connectivity index is 2.32. The zero-order valence-corrected chi connectivity index (χ0v) is 10.7. The average Bonchev–Trinajstić information content (AvgIpc) is 2.74. The molecule has 1 aromatic carbocycles. The number of nitrogen functional groups attached to an aromatic ring is 1. The Morgan fingerprint density at radius 2 is 2.26 bits per heavy atom. The van der Waals surface area contributed by atoms with Gasteiger partial charge in [0.25, 0.3) is 0 Å². The van der Waals surface area contributed by atoms with Gasteiger partial charge in [-0.05, 0) is 18.6 Å². The number of aromatic nitrogens is 2. The van der Waals surface area contributed by atoms with Gasteiger partial charge in [0.05, 0.1) is 19.3 Å². The van der Waals surface area contributed by atoms with E-state index >= 15 is 0 Å². The largest absolute Gasteiger partial charge is 0.464 e. The molecule has 0 saturated heterocycles. The lowest BCUT2D eigenvalue weighted by atomic mass is 10.1. The zero-order valence-electron chi connectivity index (χ0n) is 10.7. The molecule has 1 heterocycles. The van der Waals surface area contributed by atoms with E-state index in [9.17, 15) is 9.18 Å². The number of carbonyl (C=O) groups excluding carboxylic acids is 1. The number of aryl methyl sites for hydroxylation is 1. The Labute approximate surface area is 109 Å². The van der Waals surface area contributed by atoms with Gasteiger partial charge in [-0.2, -0.15) is 5.10 Å². The number of anilines is 1. The van der Waals surface area contributed by atoms with Gasteiger partial charge < -0.3 is 10.5 Å². The molecule has 2 aromatic rings. The lowest BCUT2D eigenvalue weighted by molar-refractivity contribution is 0.0594. The molecule has 0 radical (unpaired) electrons. The fourth-order valence-electron chi connectivity index (χ4n) is 1.80. The van der Waals surface area contributed by atoms with Crippen LogP contribution in [0.4, 0.5) is 10.1 Å². The van der Waals surface area contributed by atoms with E-state index in [2.05, 4.69) is 9.84 Å². The van der Waals surface area contributed by atoms with Crippen LogP contribution in [0.2, 0.25) is 0 Å². The predicted molar refractivity (Wildman–Crippen MR) is 68.2 cm³/mol. The van der Waals surface area contributed by atoms with Crippen molar-refractivity contribution in [3.05, 3.63) is 47.0 Å². The number of halogens is 1. The molecule has 6 heteroatoms. The second-order valence-electron chi connectivity index (χ2n) is 4.16. The van der Waals surface area contributed by atoms with Crippen molar-refractivity contribution in [1.82, 2.24) is 9.78 Å². The van der Waals surface area contributed by atoms with Gasteiger partial charge in [0, 0.05) is 11.8 Å². The number of hydrogen-bond acceptors (Lipinski definition) is 4. The van der Waals surface area contributed by atoms with Gasteiger partial charge in [-0.3, -0.25) is 4.68 Å². The maximum Gasteiger partial charge on any atom is 0.360 e. The van der Waals surface area contributed by atoms with E-state index in [1.54, 1.807) is 6.07 Å². The van der Waals surface area contributed by atoms with Crippen LogP contribution in [0.25, 0.3) is 0 Å². The van der Waals surface area contributed by atoms with E-state index in [1.807, 2.05) is 13.0 Å². The van der Waals surface area contributed by atoms with Crippen molar-refractivity contribution in [2.75, 3.05) is 12.8 Å². The molecule has 0 aliphatic carbocycles. The number of hydrogen-bond donors (Lipinski definition) is 1. The topological polar surface area (TPSA) is 70.1 Å². The van der Waals surface area contributed by atoms with E-state index in [1.165, 1.54) is 24.1 Å². The van der Waals surface area contributed by atoms with Crippen molar-refractivity contribution >= 4 is 11.7 Å². The summed E-state index contributed by atoms with van der Waals surface area (Å²) in [5.41, 5.74) is 7.25. The molecule has 0 aliphatic rings. The van der Waals surface area contributed by atoms with E-state index in [-0.39, 0.29) is 23.7 Å². The summed E-state index contributed by atoms with van der Waals surface area (Å²) in [7, 11) is 1.25. The molecule has 1 aromatic heterocycles. The summed E-state index contributed by atoms with van der Waals surface area (Å²) in [5.74, 6) is -0.921. The molecule has 0 spiro atoms. The van der Waals surface area contributed by atoms with Gasteiger partial charge in [-0.15, -0.1) is 0 Å². The standard InChI is InChI=1S/C13H14FN3O2/c1-8-4-3-5-10(14)9(8)6-17-7-11(15)12(16-17)13(18)19-2/h3-5,7H,6,15H2,1-2H3. The van der Waals surface area contributed by atoms with Gasteiger partial charge in [0.15, 0.2) is 5.69 Å². The highest BCUT2D eigenvalue weighted by Crippen LogP contribution is 2.16. The third-order valence-electron chi connectivity index (χ3n) is 2.84. The van der Waals surface area contributed by atoms with E-state index in [0.29, 0.717) is 5.56 Å². The number of esters is 1. The fraction of sp³-hybridized carbons (Fsp3) is 0.231. The van der Waals surface area contributed by atoms with Crippen LogP contribution >= 0.6 is 0 Å². The SMILES string of the molecule is COC(=O)c1nn(Cc2c(C)cccc2F)cc1N. The molecule has 5 nitrogen and oxygen atoms in total. The van der Waals surface area contributed by atoms with Gasteiger partial charge in [0.1, 0.15) is 5.82 Å². The highest BCUT2D eigenvalue weighted by molar-refractivity contribution is 5.92. The summed E-state index contributed by atoms with van der Waals surface area (Å²) < 4.78 is 19.7. The summed E-state index contributed by atoms with van der Waals surface area (Å²) in [4.78, 5) is 11.4. The minimum atomic E-state index is -0.610. The molecule has 0 amide bonds. The first-order chi connectivity index (χ1) is 9.02. The number of nitrogens with two attached hydrogens (primary N) is 1. The first kappa shape index (κ1) is 13.1. The molecule has 2 N–H and O–H groups in total. The van der Waals surface area contributed by atoms with Crippen molar-refractivity contribution in [2.24, 2.45) is 0 Å². The maximum atomic E-state index is 13.7. The zero-order chi connectivity index (χ0) is 14.0. The van der Waals surface area contributed by atoms with E-state index < -0.39 is 5.97 Å². The van der Waals surface area contributed by atoms with Crippen LogP contribution in [0.5, 0.6) is 0 Å². The Bertz CT molecular complexity index is 602. The monoisotopic (exact) mass is 263 g/mol. The molecule has 2 rings (SSSR count). The molecular formula is C13H14FN3O2. The second-order valence-corrected chi connectivity index (χ2v) is 4.16. The van der Waals surface area contributed by atoms with Crippen molar-refractivity contribution in [3.8, 4) is 0 Å². The first-order valence-corrected chi connectivity index (χ1v) is 5.68. The normalized spacial score (nSPS) is 10.5. The van der Waals surface area contributed by atoms with Crippen LogP contribution in [0.1, 0.15) is 21.6 Å². The maximum absolute atomic E-state index is 13.7. The molecule has 0 aliphatic heterocycles. The highest BCUT2D eigenvalue weighted by Gasteiger charge is 2.16. The van der Waals surface area contributed by atoms with Crippen molar-refractivity contribution < 1.29 is 13.9 Å². The number of ether oxygens (including phenoxy) is 1. The Morgan fingerprint density at radius 1 is 1.53 bits per heavy atom. The van der Waals surface area contributed by atoms with Crippen molar-refractivity contribution in [3.63, 3.8) is 0 Å². The lowest BCUT2D eigenvalue weighted by Gasteiger charge is -2.06. The van der Waals surface area contributed by atoms with Gasteiger partial charge in [0.2, 0.25) is 0 Å². The van der Waals surface area contributed by atoms with Crippen molar-refractivity contribution in [2.45, 2.75) is 13.5 Å². The number of methoxy groups -OCH3 is 1. The third kappa shape index (κ3) is 2.57. The molecule has 0 bridgehead atoms. The van der Waals surface area contributed by atoms with E-state index in [4.69, 9.17) is 5.73 Å². The summed E-state index contributed by atoms with van der Waals surface area (Å²) in [5, 5.41) is 4.01. The number of nitrogens with zero attached hydrogens (tertiary/aromatic N) is 2. The summed E-state index contributed by atoms with van der Waals surface area (Å²) in [6.45, 7) is 2.02. The van der Waals surface area contributed by atoms with Crippen LogP contribution in [0.3, 0.4) is 0 Å². The molecule has 0 atom stereocenters. The van der Waals surface area contributed by atoms with Crippen LogP contribution in [-0.4, -0.2) is 22.9 Å². The molecule has 0 fully saturated rings. The van der Waals surface area contributed by atoms with Crippen LogP contribution < -0.4 is 5.73 Å². The van der Waals surface area contributed by atoms with E-state index in [0.717, 1.165) is 5.56 Å².